The fourth-order valence-corrected chi connectivity index (χ4v) is 1.76. The third kappa shape index (κ3) is 7.17. The third-order valence-corrected chi connectivity index (χ3v) is 2.91. The van der Waals surface area contributed by atoms with Crippen molar-refractivity contribution < 1.29 is 24.5 Å². The molecule has 0 saturated heterocycles. The minimum atomic E-state index is -1.05. The number of benzene rings is 1. The minimum Gasteiger partial charge on any atom is -0.497 e. The number of hydrogen-bond donors (Lipinski definition) is 3. The topological polar surface area (TPSA) is 88.0 Å². The number of carbonyl (C=O) groups is 1. The Balaban J connectivity index is 2.63. The van der Waals surface area contributed by atoms with Crippen LogP contribution in [0.1, 0.15) is 26.3 Å². The van der Waals surface area contributed by atoms with Crippen LogP contribution in [0.2, 0.25) is 0 Å². The van der Waals surface area contributed by atoms with E-state index in [2.05, 4.69) is 5.32 Å². The Bertz CT molecular complexity index is 519. The molecule has 0 heterocycles. The maximum atomic E-state index is 11.7. The van der Waals surface area contributed by atoms with E-state index in [1.165, 1.54) is 6.08 Å². The largest absolute Gasteiger partial charge is 0.497 e. The van der Waals surface area contributed by atoms with Crippen molar-refractivity contribution in [3.8, 4) is 5.75 Å². The Kier molecular flexibility index (Phi) is 7.06. The van der Waals surface area contributed by atoms with Crippen molar-refractivity contribution >= 4 is 12.2 Å². The van der Waals surface area contributed by atoms with E-state index in [1.807, 2.05) is 12.1 Å². The zero-order valence-electron chi connectivity index (χ0n) is 13.9. The number of methoxy groups -OCH3 is 1. The predicted octanol–water partition coefficient (Wildman–Crippen LogP) is 1.95. The minimum absolute atomic E-state index is 0.409. The zero-order valence-corrected chi connectivity index (χ0v) is 13.9. The van der Waals surface area contributed by atoms with Crippen molar-refractivity contribution in [2.24, 2.45) is 0 Å². The number of aliphatic hydroxyl groups is 2. The molecule has 1 aromatic rings. The first-order chi connectivity index (χ1) is 10.7. The molecule has 0 radical (unpaired) electrons. The van der Waals surface area contributed by atoms with E-state index in [4.69, 9.17) is 9.47 Å². The zero-order chi connectivity index (χ0) is 17.5. The second-order valence-corrected chi connectivity index (χ2v) is 6.06. The molecule has 1 rings (SSSR count). The molecule has 3 N–H and O–H groups in total. The summed E-state index contributed by atoms with van der Waals surface area (Å²) < 4.78 is 10.2. The molecule has 0 aromatic heterocycles. The molecule has 0 aliphatic rings. The highest BCUT2D eigenvalue weighted by atomic mass is 16.6. The normalized spacial score (nSPS) is 14.3. The molecule has 0 saturated carbocycles. The highest BCUT2D eigenvalue weighted by molar-refractivity contribution is 5.68. The SMILES string of the molecule is COc1ccc(/C=C/[C@@H](O)[C@H](CO)NC(=O)OC(C)(C)C)cc1. The van der Waals surface area contributed by atoms with Gasteiger partial charge in [-0.1, -0.05) is 24.3 Å². The number of ether oxygens (including phenoxy) is 2. The molecule has 0 aliphatic carbocycles. The Morgan fingerprint density at radius 2 is 1.91 bits per heavy atom. The van der Waals surface area contributed by atoms with Crippen molar-refractivity contribution in [2.75, 3.05) is 13.7 Å². The summed E-state index contributed by atoms with van der Waals surface area (Å²) in [5.74, 6) is 0.738. The van der Waals surface area contributed by atoms with Crippen LogP contribution in [-0.2, 0) is 4.74 Å². The summed E-state index contributed by atoms with van der Waals surface area (Å²) in [5.41, 5.74) is 0.215. The fraction of sp³-hybridized carbons (Fsp3) is 0.471. The van der Waals surface area contributed by atoms with E-state index in [0.717, 1.165) is 11.3 Å². The Hall–Kier alpha value is -2.05. The smallest absolute Gasteiger partial charge is 0.408 e. The van der Waals surface area contributed by atoms with Crippen LogP contribution >= 0.6 is 0 Å². The lowest BCUT2D eigenvalue weighted by Gasteiger charge is -2.24. The van der Waals surface area contributed by atoms with Gasteiger partial charge in [-0.3, -0.25) is 0 Å². The van der Waals surface area contributed by atoms with Crippen molar-refractivity contribution in [1.29, 1.82) is 0 Å². The molecule has 0 aliphatic heterocycles. The van der Waals surface area contributed by atoms with Crippen LogP contribution in [0.5, 0.6) is 5.75 Å². The van der Waals surface area contributed by atoms with Crippen LogP contribution in [0, 0.1) is 0 Å². The van der Waals surface area contributed by atoms with Gasteiger partial charge in [0.05, 0.1) is 25.9 Å². The second kappa shape index (κ2) is 8.55. The highest BCUT2D eigenvalue weighted by Gasteiger charge is 2.22. The van der Waals surface area contributed by atoms with Gasteiger partial charge in [-0.2, -0.15) is 0 Å². The Morgan fingerprint density at radius 1 is 1.30 bits per heavy atom. The molecule has 128 valence electrons. The summed E-state index contributed by atoms with van der Waals surface area (Å²) in [7, 11) is 1.59. The van der Waals surface area contributed by atoms with Crippen LogP contribution in [-0.4, -0.2) is 47.8 Å². The quantitative estimate of drug-likeness (QED) is 0.745. The third-order valence-electron chi connectivity index (χ3n) is 2.91. The van der Waals surface area contributed by atoms with Crippen molar-refractivity contribution in [1.82, 2.24) is 5.32 Å². The molecule has 0 bridgehead atoms. The predicted molar refractivity (Wildman–Crippen MR) is 88.3 cm³/mol. The van der Waals surface area contributed by atoms with Gasteiger partial charge in [0.15, 0.2) is 0 Å². The van der Waals surface area contributed by atoms with Crippen molar-refractivity contribution in [2.45, 2.75) is 38.5 Å². The van der Waals surface area contributed by atoms with Gasteiger partial charge in [0.2, 0.25) is 0 Å². The Labute approximate surface area is 136 Å². The Morgan fingerprint density at radius 3 is 2.39 bits per heavy atom. The second-order valence-electron chi connectivity index (χ2n) is 6.06. The average Bonchev–Trinajstić information content (AvgIpc) is 2.49. The van der Waals surface area contributed by atoms with Gasteiger partial charge >= 0.3 is 6.09 Å². The van der Waals surface area contributed by atoms with Gasteiger partial charge in [0, 0.05) is 0 Å². The fourth-order valence-electron chi connectivity index (χ4n) is 1.76. The molecule has 0 unspecified atom stereocenters. The summed E-state index contributed by atoms with van der Waals surface area (Å²) >= 11 is 0. The summed E-state index contributed by atoms with van der Waals surface area (Å²) in [6.07, 6.45) is 1.46. The first-order valence-electron chi connectivity index (χ1n) is 7.36. The van der Waals surface area contributed by atoms with E-state index in [1.54, 1.807) is 46.1 Å². The molecular formula is C17H25NO5. The molecule has 23 heavy (non-hydrogen) atoms. The molecule has 2 atom stereocenters. The van der Waals surface area contributed by atoms with E-state index >= 15 is 0 Å². The molecule has 6 nitrogen and oxygen atoms in total. The van der Waals surface area contributed by atoms with Crippen LogP contribution < -0.4 is 10.1 Å². The van der Waals surface area contributed by atoms with Crippen LogP contribution in [0.15, 0.2) is 30.3 Å². The van der Waals surface area contributed by atoms with E-state index in [9.17, 15) is 15.0 Å². The molecule has 0 spiro atoms. The first-order valence-corrected chi connectivity index (χ1v) is 7.36. The molecule has 1 aromatic carbocycles. The maximum absolute atomic E-state index is 11.7. The standard InChI is InChI=1S/C17H25NO5/c1-17(2,3)23-16(21)18-14(11-19)15(20)10-7-12-5-8-13(22-4)9-6-12/h5-10,14-15,19-20H,11H2,1-4H3,(H,18,21)/b10-7+/t14-,15+/m0/s1. The lowest BCUT2D eigenvalue weighted by molar-refractivity contribution is 0.0406. The number of carbonyl (C=O) groups excluding carboxylic acids is 1. The number of rotatable bonds is 6. The number of amides is 1. The number of hydrogen-bond acceptors (Lipinski definition) is 5. The van der Waals surface area contributed by atoms with Crippen molar-refractivity contribution in [3.05, 3.63) is 35.9 Å². The molecule has 1 amide bonds. The van der Waals surface area contributed by atoms with E-state index in [-0.39, 0.29) is 0 Å². The first kappa shape index (κ1) is 19.0. The molecule has 6 heteroatoms. The van der Waals surface area contributed by atoms with Gasteiger partial charge in [-0.05, 0) is 38.5 Å². The summed E-state index contributed by atoms with van der Waals surface area (Å²) in [5, 5.41) is 21.9. The van der Waals surface area contributed by atoms with Crippen molar-refractivity contribution in [3.63, 3.8) is 0 Å². The maximum Gasteiger partial charge on any atom is 0.408 e. The van der Waals surface area contributed by atoms with Crippen LogP contribution in [0.3, 0.4) is 0 Å². The molecular weight excluding hydrogens is 298 g/mol. The van der Waals surface area contributed by atoms with Crippen LogP contribution in [0.25, 0.3) is 6.08 Å². The summed E-state index contributed by atoms with van der Waals surface area (Å²) in [4.78, 5) is 11.7. The summed E-state index contributed by atoms with van der Waals surface area (Å²) in [6, 6.07) is 6.41. The van der Waals surface area contributed by atoms with Gasteiger partial charge < -0.3 is 25.0 Å². The molecule has 0 fully saturated rings. The van der Waals surface area contributed by atoms with Crippen LogP contribution in [0.4, 0.5) is 4.79 Å². The van der Waals surface area contributed by atoms with Gasteiger partial charge in [0.25, 0.3) is 0 Å². The van der Waals surface area contributed by atoms with Gasteiger partial charge in [-0.15, -0.1) is 0 Å². The highest BCUT2D eigenvalue weighted by Crippen LogP contribution is 2.13. The number of aliphatic hydroxyl groups excluding tert-OH is 2. The van der Waals surface area contributed by atoms with E-state index < -0.39 is 30.4 Å². The monoisotopic (exact) mass is 323 g/mol. The average molecular weight is 323 g/mol. The summed E-state index contributed by atoms with van der Waals surface area (Å²) in [6.45, 7) is 4.80. The lowest BCUT2D eigenvalue weighted by Crippen LogP contribution is -2.46. The lowest BCUT2D eigenvalue weighted by atomic mass is 10.1. The number of nitrogens with one attached hydrogen (secondary N) is 1. The number of alkyl carbamates (subject to hydrolysis) is 1. The van der Waals surface area contributed by atoms with Gasteiger partial charge in [-0.25, -0.2) is 4.79 Å². The van der Waals surface area contributed by atoms with Gasteiger partial charge in [0.1, 0.15) is 11.4 Å². The van der Waals surface area contributed by atoms with E-state index in [0.29, 0.717) is 0 Å².